The van der Waals surface area contributed by atoms with Gasteiger partial charge < -0.3 is 10.6 Å². The number of hydrogen-bond acceptors (Lipinski definition) is 3. The SMILES string of the molecule is CCc1sc(C(=O)NCc2ccc3c(c2)CNC3)cc1C.Cl. The third-order valence-electron chi connectivity index (χ3n) is 3.92. The van der Waals surface area contributed by atoms with Gasteiger partial charge in [-0.05, 0) is 41.7 Å². The standard InChI is InChI=1S/C17H20N2OS.ClH/c1-3-15-11(2)6-16(21-15)17(20)19-8-12-4-5-13-9-18-10-14(13)7-12;/h4-7,18H,3,8-10H2,1-2H3,(H,19,20);1H. The van der Waals surface area contributed by atoms with E-state index in [1.807, 2.05) is 6.07 Å². The first kappa shape index (κ1) is 17.0. The van der Waals surface area contributed by atoms with E-state index >= 15 is 0 Å². The van der Waals surface area contributed by atoms with Crippen LogP contribution < -0.4 is 10.6 Å². The van der Waals surface area contributed by atoms with Crippen LogP contribution in [0.4, 0.5) is 0 Å². The first-order valence-electron chi connectivity index (χ1n) is 7.36. The van der Waals surface area contributed by atoms with Gasteiger partial charge in [0.05, 0.1) is 4.88 Å². The van der Waals surface area contributed by atoms with Crippen molar-refractivity contribution < 1.29 is 4.79 Å². The molecule has 22 heavy (non-hydrogen) atoms. The Bertz CT molecular complexity index is 681. The second-order valence-electron chi connectivity index (χ2n) is 5.46. The molecule has 2 aromatic rings. The summed E-state index contributed by atoms with van der Waals surface area (Å²) in [4.78, 5) is 14.3. The monoisotopic (exact) mass is 336 g/mol. The lowest BCUT2D eigenvalue weighted by molar-refractivity contribution is 0.0955. The molecule has 0 unspecified atom stereocenters. The van der Waals surface area contributed by atoms with Gasteiger partial charge in [-0.3, -0.25) is 4.79 Å². The first-order chi connectivity index (χ1) is 10.2. The zero-order valence-electron chi connectivity index (χ0n) is 12.9. The van der Waals surface area contributed by atoms with Crippen molar-refractivity contribution in [3.05, 3.63) is 56.3 Å². The Morgan fingerprint density at radius 3 is 2.77 bits per heavy atom. The molecule has 1 aliphatic heterocycles. The van der Waals surface area contributed by atoms with Crippen molar-refractivity contribution >= 4 is 29.7 Å². The third-order valence-corrected chi connectivity index (χ3v) is 5.30. The van der Waals surface area contributed by atoms with Crippen LogP contribution in [0.3, 0.4) is 0 Å². The van der Waals surface area contributed by atoms with Gasteiger partial charge in [0.1, 0.15) is 0 Å². The predicted molar refractivity (Wildman–Crippen MR) is 93.8 cm³/mol. The summed E-state index contributed by atoms with van der Waals surface area (Å²) in [5, 5.41) is 6.36. The van der Waals surface area contributed by atoms with Crippen molar-refractivity contribution in [3.63, 3.8) is 0 Å². The molecule has 1 aromatic carbocycles. The van der Waals surface area contributed by atoms with Crippen LogP contribution in [-0.4, -0.2) is 5.91 Å². The van der Waals surface area contributed by atoms with Crippen molar-refractivity contribution in [1.29, 1.82) is 0 Å². The summed E-state index contributed by atoms with van der Waals surface area (Å²) in [6, 6.07) is 8.43. The van der Waals surface area contributed by atoms with E-state index in [0.29, 0.717) is 6.54 Å². The molecule has 118 valence electrons. The lowest BCUT2D eigenvalue weighted by atomic mass is 10.1. The van der Waals surface area contributed by atoms with E-state index in [1.54, 1.807) is 11.3 Å². The molecule has 3 rings (SSSR count). The zero-order valence-corrected chi connectivity index (χ0v) is 14.5. The van der Waals surface area contributed by atoms with Crippen molar-refractivity contribution in [2.45, 2.75) is 39.9 Å². The lowest BCUT2D eigenvalue weighted by Crippen LogP contribution is -2.21. The molecule has 0 saturated carbocycles. The molecule has 0 atom stereocenters. The number of amides is 1. The second-order valence-corrected chi connectivity index (χ2v) is 6.60. The summed E-state index contributed by atoms with van der Waals surface area (Å²) in [5.41, 5.74) is 5.10. The molecule has 1 aromatic heterocycles. The average molecular weight is 337 g/mol. The first-order valence-corrected chi connectivity index (χ1v) is 8.18. The highest BCUT2D eigenvalue weighted by Gasteiger charge is 2.13. The van der Waals surface area contributed by atoms with Gasteiger partial charge >= 0.3 is 0 Å². The van der Waals surface area contributed by atoms with Crippen LogP contribution in [-0.2, 0) is 26.1 Å². The van der Waals surface area contributed by atoms with Crippen LogP contribution in [0.5, 0.6) is 0 Å². The molecule has 0 aliphatic carbocycles. The van der Waals surface area contributed by atoms with Crippen LogP contribution in [0, 0.1) is 6.92 Å². The summed E-state index contributed by atoms with van der Waals surface area (Å²) in [7, 11) is 0. The number of nitrogens with one attached hydrogen (secondary N) is 2. The van der Waals surface area contributed by atoms with Gasteiger partial charge in [-0.2, -0.15) is 0 Å². The third kappa shape index (κ3) is 3.51. The van der Waals surface area contributed by atoms with E-state index in [1.165, 1.54) is 21.6 Å². The summed E-state index contributed by atoms with van der Waals surface area (Å²) < 4.78 is 0. The molecule has 2 N–H and O–H groups in total. The van der Waals surface area contributed by atoms with Gasteiger partial charge in [0, 0.05) is 24.5 Å². The largest absolute Gasteiger partial charge is 0.347 e. The van der Waals surface area contributed by atoms with Crippen LogP contribution >= 0.6 is 23.7 Å². The van der Waals surface area contributed by atoms with Crippen molar-refractivity contribution in [2.75, 3.05) is 0 Å². The predicted octanol–water partition coefficient (Wildman–Crippen LogP) is 3.57. The van der Waals surface area contributed by atoms with Gasteiger partial charge in [-0.25, -0.2) is 0 Å². The summed E-state index contributed by atoms with van der Waals surface area (Å²) in [6.45, 7) is 6.67. The summed E-state index contributed by atoms with van der Waals surface area (Å²) >= 11 is 1.60. The number of fused-ring (bicyclic) bond motifs is 1. The Morgan fingerprint density at radius 1 is 1.27 bits per heavy atom. The number of benzene rings is 1. The molecule has 0 fully saturated rings. The maximum absolute atomic E-state index is 12.2. The topological polar surface area (TPSA) is 41.1 Å². The van der Waals surface area contributed by atoms with Crippen molar-refractivity contribution in [2.24, 2.45) is 0 Å². The van der Waals surface area contributed by atoms with Gasteiger partial charge in [-0.1, -0.05) is 25.1 Å². The molecular weight excluding hydrogens is 316 g/mol. The van der Waals surface area contributed by atoms with Crippen LogP contribution in [0.1, 0.15) is 43.7 Å². The van der Waals surface area contributed by atoms with E-state index in [2.05, 4.69) is 42.7 Å². The highest BCUT2D eigenvalue weighted by atomic mass is 35.5. The van der Waals surface area contributed by atoms with E-state index in [-0.39, 0.29) is 18.3 Å². The molecular formula is C17H21ClN2OS. The Labute approximate surface area is 141 Å². The normalized spacial score (nSPS) is 12.6. The molecule has 0 spiro atoms. The molecule has 0 radical (unpaired) electrons. The fraction of sp³-hybridized carbons (Fsp3) is 0.353. The number of hydrogen-bond donors (Lipinski definition) is 2. The highest BCUT2D eigenvalue weighted by molar-refractivity contribution is 7.14. The van der Waals surface area contributed by atoms with Gasteiger partial charge in [-0.15, -0.1) is 23.7 Å². The molecule has 1 aliphatic rings. The number of aryl methyl sites for hydroxylation is 2. The fourth-order valence-electron chi connectivity index (χ4n) is 2.71. The van der Waals surface area contributed by atoms with E-state index in [4.69, 9.17) is 0 Å². The lowest BCUT2D eigenvalue weighted by Gasteiger charge is -2.06. The minimum atomic E-state index is 0. The average Bonchev–Trinajstić information content (AvgIpc) is 3.10. The number of halogens is 1. The summed E-state index contributed by atoms with van der Waals surface area (Å²) in [6.07, 6.45) is 0.988. The second kappa shape index (κ2) is 7.27. The highest BCUT2D eigenvalue weighted by Crippen LogP contribution is 2.22. The Morgan fingerprint density at radius 2 is 2.05 bits per heavy atom. The molecule has 3 nitrogen and oxygen atoms in total. The van der Waals surface area contributed by atoms with E-state index in [0.717, 1.165) is 30.0 Å². The minimum absolute atomic E-state index is 0. The zero-order chi connectivity index (χ0) is 14.8. The number of thiophene rings is 1. The summed E-state index contributed by atoms with van der Waals surface area (Å²) in [5.74, 6) is 0.0291. The Hall–Kier alpha value is -1.36. The molecule has 1 amide bonds. The molecule has 0 saturated heterocycles. The number of carbonyl (C=O) groups excluding carboxylic acids is 1. The van der Waals surface area contributed by atoms with Gasteiger partial charge in [0.2, 0.25) is 0 Å². The minimum Gasteiger partial charge on any atom is -0.347 e. The van der Waals surface area contributed by atoms with E-state index in [9.17, 15) is 4.79 Å². The number of carbonyl (C=O) groups is 1. The van der Waals surface area contributed by atoms with Crippen molar-refractivity contribution in [3.8, 4) is 0 Å². The molecule has 0 bridgehead atoms. The Kier molecular flexibility index (Phi) is 5.62. The molecule has 2 heterocycles. The maximum Gasteiger partial charge on any atom is 0.261 e. The maximum atomic E-state index is 12.2. The van der Waals surface area contributed by atoms with Crippen molar-refractivity contribution in [1.82, 2.24) is 10.6 Å². The van der Waals surface area contributed by atoms with Crippen LogP contribution in [0.2, 0.25) is 0 Å². The van der Waals surface area contributed by atoms with E-state index < -0.39 is 0 Å². The smallest absolute Gasteiger partial charge is 0.261 e. The fourth-order valence-corrected chi connectivity index (χ4v) is 3.74. The molecule has 5 heteroatoms. The number of rotatable bonds is 4. The quantitative estimate of drug-likeness (QED) is 0.896. The van der Waals surface area contributed by atoms with Crippen LogP contribution in [0.15, 0.2) is 24.3 Å². The van der Waals surface area contributed by atoms with Gasteiger partial charge in [0.25, 0.3) is 5.91 Å². The van der Waals surface area contributed by atoms with Crippen LogP contribution in [0.25, 0.3) is 0 Å². The Balaban J connectivity index is 0.00000176. The van der Waals surface area contributed by atoms with Gasteiger partial charge in [0.15, 0.2) is 0 Å².